The molecule has 0 atom stereocenters. The number of rotatable bonds is 2. The molecule has 2 heteroatoms. The van der Waals surface area contributed by atoms with Gasteiger partial charge in [0, 0.05) is 8.86 Å². The highest BCUT2D eigenvalue weighted by Crippen LogP contribution is 2.26. The largest absolute Gasteiger partial charge is 0.0812 e. The van der Waals surface area contributed by atoms with Gasteiger partial charge < -0.3 is 0 Å². The van der Waals surface area contributed by atoms with Gasteiger partial charge in [0.1, 0.15) is 0 Å². The molecule has 72 valence electrons. The third-order valence-corrected chi connectivity index (χ3v) is 4.01. The van der Waals surface area contributed by atoms with Crippen LogP contribution in [0.5, 0.6) is 0 Å². The van der Waals surface area contributed by atoms with Gasteiger partial charge in [-0.2, -0.15) is 0 Å². The van der Waals surface area contributed by atoms with Crippen LogP contribution in [0.4, 0.5) is 0 Å². The molecule has 0 radical (unpaired) electrons. The maximum atomic E-state index is 2.43. The minimum absolute atomic E-state index is 1.09. The average Bonchev–Trinajstić information content (AvgIpc) is 2.27. The Bertz CT molecular complexity index is 410. The van der Waals surface area contributed by atoms with Crippen LogP contribution in [0.15, 0.2) is 36.4 Å². The second-order valence-corrected chi connectivity index (χ2v) is 4.73. The lowest BCUT2D eigenvalue weighted by atomic mass is 10.0. The van der Waals surface area contributed by atoms with Crippen molar-refractivity contribution in [3.63, 3.8) is 0 Å². The summed E-state index contributed by atoms with van der Waals surface area (Å²) in [6.07, 6.45) is 0. The van der Waals surface area contributed by atoms with Gasteiger partial charge in [0.05, 0.1) is 0 Å². The zero-order valence-corrected chi connectivity index (χ0v) is 11.9. The van der Waals surface area contributed by atoms with Crippen LogP contribution < -0.4 is 0 Å². The molecule has 0 unspecified atom stereocenters. The maximum Gasteiger partial charge on any atom is 0.0253 e. The van der Waals surface area contributed by atoms with E-state index < -0.39 is 0 Å². The molecule has 0 heterocycles. The van der Waals surface area contributed by atoms with Gasteiger partial charge in [-0.3, -0.25) is 0 Å². The minimum atomic E-state index is 1.09. The molecule has 0 bridgehead atoms. The predicted octanol–water partition coefficient (Wildman–Crippen LogP) is 4.71. The van der Waals surface area contributed by atoms with E-state index in [0.717, 1.165) is 8.86 Å². The maximum absolute atomic E-state index is 2.43. The van der Waals surface area contributed by atoms with Crippen LogP contribution in [-0.2, 0) is 8.86 Å². The van der Waals surface area contributed by atoms with E-state index in [1.165, 1.54) is 21.9 Å². The number of benzene rings is 2. The number of hydrogen-bond acceptors (Lipinski definition) is 0. The third-order valence-electron chi connectivity index (χ3n) is 2.37. The van der Waals surface area contributed by atoms with Crippen LogP contribution in [0.2, 0.25) is 0 Å². The van der Waals surface area contributed by atoms with E-state index in [1.807, 2.05) is 0 Å². The summed E-state index contributed by atoms with van der Waals surface area (Å²) in [5, 5.41) is 2.83. The Morgan fingerprint density at radius 2 is 1.29 bits per heavy atom. The number of fused-ring (bicyclic) bond motifs is 1. The summed E-state index contributed by atoms with van der Waals surface area (Å²) in [6.45, 7) is 0. The fraction of sp³-hybridized carbons (Fsp3) is 0.167. The van der Waals surface area contributed by atoms with E-state index in [-0.39, 0.29) is 0 Å². The van der Waals surface area contributed by atoms with Gasteiger partial charge in [-0.25, -0.2) is 0 Å². The zero-order chi connectivity index (χ0) is 9.97. The Kier molecular flexibility index (Phi) is 3.65. The Morgan fingerprint density at radius 3 is 1.71 bits per heavy atom. The summed E-state index contributed by atoms with van der Waals surface area (Å²) in [4.78, 5) is 0. The molecule has 2 aromatic rings. The van der Waals surface area contributed by atoms with E-state index >= 15 is 0 Å². The van der Waals surface area contributed by atoms with Gasteiger partial charge in [0.15, 0.2) is 0 Å². The van der Waals surface area contributed by atoms with Crippen LogP contribution in [0.1, 0.15) is 11.1 Å². The monoisotopic (exact) mass is 408 g/mol. The van der Waals surface area contributed by atoms with Crippen LogP contribution in [0, 0.1) is 0 Å². The summed E-state index contributed by atoms with van der Waals surface area (Å²) in [7, 11) is 0. The topological polar surface area (TPSA) is 0 Å². The molecule has 0 nitrogen and oxygen atoms in total. The summed E-state index contributed by atoms with van der Waals surface area (Å²) >= 11 is 4.86. The van der Waals surface area contributed by atoms with E-state index in [2.05, 4.69) is 81.6 Å². The standard InChI is InChI=1S/C12H10I2/c13-7-10-5-1-3-9-4-2-6-11(8-14)12(9)10/h1-6H,7-8H2. The summed E-state index contributed by atoms with van der Waals surface area (Å²) in [5.41, 5.74) is 2.91. The SMILES string of the molecule is ICc1cccc2cccc(CI)c12. The van der Waals surface area contributed by atoms with Crippen LogP contribution in [0.25, 0.3) is 10.8 Å². The molecule has 0 aliphatic carbocycles. The Hall–Kier alpha value is 0.160. The van der Waals surface area contributed by atoms with Crippen molar-refractivity contribution in [2.75, 3.05) is 0 Å². The fourth-order valence-corrected chi connectivity index (χ4v) is 3.00. The Labute approximate surface area is 111 Å². The van der Waals surface area contributed by atoms with Gasteiger partial charge >= 0.3 is 0 Å². The fourth-order valence-electron chi connectivity index (χ4n) is 1.72. The molecule has 0 saturated heterocycles. The highest BCUT2D eigenvalue weighted by Gasteiger charge is 2.03. The second-order valence-electron chi connectivity index (χ2n) is 3.20. The van der Waals surface area contributed by atoms with E-state index in [0.29, 0.717) is 0 Å². The van der Waals surface area contributed by atoms with Crippen molar-refractivity contribution in [3.05, 3.63) is 47.5 Å². The molecule has 0 aliphatic heterocycles. The molecular weight excluding hydrogens is 398 g/mol. The van der Waals surface area contributed by atoms with E-state index in [4.69, 9.17) is 0 Å². The van der Waals surface area contributed by atoms with Crippen molar-refractivity contribution < 1.29 is 0 Å². The first-order valence-electron chi connectivity index (χ1n) is 4.48. The second kappa shape index (κ2) is 4.79. The molecule has 0 aromatic heterocycles. The first-order chi connectivity index (χ1) is 6.86. The highest BCUT2D eigenvalue weighted by atomic mass is 127. The first kappa shape index (κ1) is 10.7. The minimum Gasteiger partial charge on any atom is -0.0812 e. The predicted molar refractivity (Wildman–Crippen MR) is 79.4 cm³/mol. The Balaban J connectivity index is 2.81. The van der Waals surface area contributed by atoms with Crippen LogP contribution in [-0.4, -0.2) is 0 Å². The van der Waals surface area contributed by atoms with Gasteiger partial charge in [-0.15, -0.1) is 0 Å². The molecule has 0 aliphatic rings. The number of alkyl halides is 2. The summed E-state index contributed by atoms with van der Waals surface area (Å²) in [6, 6.07) is 13.1. The van der Waals surface area contributed by atoms with Crippen molar-refractivity contribution >= 4 is 56.0 Å². The quantitative estimate of drug-likeness (QED) is 0.499. The lowest BCUT2D eigenvalue weighted by Crippen LogP contribution is -1.87. The van der Waals surface area contributed by atoms with Gasteiger partial charge in [-0.05, 0) is 21.9 Å². The molecule has 0 N–H and O–H groups in total. The molecular formula is C12H10I2. The lowest BCUT2D eigenvalue weighted by molar-refractivity contribution is 1.44. The van der Waals surface area contributed by atoms with Crippen molar-refractivity contribution in [3.8, 4) is 0 Å². The zero-order valence-electron chi connectivity index (χ0n) is 7.63. The Morgan fingerprint density at radius 1 is 0.786 bits per heavy atom. The average molecular weight is 408 g/mol. The highest BCUT2D eigenvalue weighted by molar-refractivity contribution is 14.1. The van der Waals surface area contributed by atoms with Crippen molar-refractivity contribution in [1.82, 2.24) is 0 Å². The van der Waals surface area contributed by atoms with Gasteiger partial charge in [0.2, 0.25) is 0 Å². The molecule has 14 heavy (non-hydrogen) atoms. The molecule has 0 amide bonds. The lowest BCUT2D eigenvalue weighted by Gasteiger charge is -2.07. The van der Waals surface area contributed by atoms with Crippen LogP contribution in [0.3, 0.4) is 0 Å². The number of halogens is 2. The molecule has 0 saturated carbocycles. The summed E-state index contributed by atoms with van der Waals surface area (Å²) in [5.74, 6) is 0. The van der Waals surface area contributed by atoms with E-state index in [9.17, 15) is 0 Å². The van der Waals surface area contributed by atoms with Crippen molar-refractivity contribution in [1.29, 1.82) is 0 Å². The third kappa shape index (κ3) is 1.91. The molecule has 2 aromatic carbocycles. The number of hydrogen-bond donors (Lipinski definition) is 0. The van der Waals surface area contributed by atoms with Crippen LogP contribution >= 0.6 is 45.2 Å². The normalized spacial score (nSPS) is 10.7. The van der Waals surface area contributed by atoms with Gasteiger partial charge in [0.25, 0.3) is 0 Å². The van der Waals surface area contributed by atoms with E-state index in [1.54, 1.807) is 0 Å². The molecule has 2 rings (SSSR count). The van der Waals surface area contributed by atoms with Gasteiger partial charge in [-0.1, -0.05) is 81.6 Å². The molecule has 0 spiro atoms. The van der Waals surface area contributed by atoms with Crippen molar-refractivity contribution in [2.24, 2.45) is 0 Å². The first-order valence-corrected chi connectivity index (χ1v) is 7.53. The summed E-state index contributed by atoms with van der Waals surface area (Å²) < 4.78 is 2.17. The smallest absolute Gasteiger partial charge is 0.0253 e. The van der Waals surface area contributed by atoms with Crippen molar-refractivity contribution in [2.45, 2.75) is 8.86 Å². The molecule has 0 fully saturated rings.